The molecule has 2 heterocycles. The summed E-state index contributed by atoms with van der Waals surface area (Å²) in [6, 6.07) is 8.50. The first-order valence-corrected chi connectivity index (χ1v) is 7.23. The highest BCUT2D eigenvalue weighted by Crippen LogP contribution is 2.35. The molecule has 0 radical (unpaired) electrons. The Morgan fingerprint density at radius 1 is 1.32 bits per heavy atom. The van der Waals surface area contributed by atoms with Crippen molar-refractivity contribution in [1.29, 1.82) is 0 Å². The third-order valence-corrected chi connectivity index (χ3v) is 4.55. The Hall–Kier alpha value is -1.81. The van der Waals surface area contributed by atoms with Crippen molar-refractivity contribution in [3.05, 3.63) is 34.7 Å². The van der Waals surface area contributed by atoms with Gasteiger partial charge in [0, 0.05) is 11.9 Å². The molecular weight excluding hydrogens is 254 g/mol. The van der Waals surface area contributed by atoms with Gasteiger partial charge in [-0.25, -0.2) is 4.98 Å². The van der Waals surface area contributed by atoms with Crippen molar-refractivity contribution in [1.82, 2.24) is 9.55 Å². The van der Waals surface area contributed by atoms with Gasteiger partial charge in [-0.1, -0.05) is 13.0 Å². The minimum absolute atomic E-state index is 0.854. The molecule has 0 saturated heterocycles. The molecule has 0 saturated carbocycles. The maximum atomic E-state index is 6.13. The Bertz CT molecular complexity index is 752. The summed E-state index contributed by atoms with van der Waals surface area (Å²) in [5, 5.41) is 0.854. The lowest BCUT2D eigenvalue weighted by molar-refractivity contribution is 0.960. The topological polar surface area (TPSA) is 43.8 Å². The van der Waals surface area contributed by atoms with Crippen LogP contribution in [0.3, 0.4) is 0 Å². The molecule has 0 atom stereocenters. The van der Waals surface area contributed by atoms with E-state index in [1.807, 2.05) is 7.05 Å². The zero-order valence-electron chi connectivity index (χ0n) is 11.4. The third kappa shape index (κ3) is 1.92. The molecule has 3 rings (SSSR count). The number of nitrogens with two attached hydrogens (primary N) is 1. The van der Waals surface area contributed by atoms with E-state index < -0.39 is 0 Å². The summed E-state index contributed by atoms with van der Waals surface area (Å²) in [6.07, 6.45) is 1.01. The monoisotopic (exact) mass is 271 g/mol. The summed E-state index contributed by atoms with van der Waals surface area (Å²) in [7, 11) is 2.04. The summed E-state index contributed by atoms with van der Waals surface area (Å²) in [5.41, 5.74) is 10.6. The molecule has 0 amide bonds. The zero-order valence-corrected chi connectivity index (χ0v) is 12.2. The van der Waals surface area contributed by atoms with Crippen molar-refractivity contribution >= 4 is 27.4 Å². The Balaban J connectivity index is 2.24. The molecule has 2 N–H and O–H groups in total. The standard InChI is InChI=1S/C15H17N3S/c1-4-10-8-11(14(16)19-10)15-17-12-7-9(2)5-6-13(12)18(15)3/h5-8H,4,16H2,1-3H3. The van der Waals surface area contributed by atoms with E-state index in [1.54, 1.807) is 11.3 Å². The number of hydrogen-bond donors (Lipinski definition) is 1. The van der Waals surface area contributed by atoms with Gasteiger partial charge in [-0.3, -0.25) is 0 Å². The Morgan fingerprint density at radius 3 is 2.79 bits per heavy atom. The summed E-state index contributed by atoms with van der Waals surface area (Å²) in [4.78, 5) is 6.04. The SMILES string of the molecule is CCc1cc(-c2nc3cc(C)ccc3n2C)c(N)s1. The van der Waals surface area contributed by atoms with E-state index in [0.29, 0.717) is 0 Å². The fourth-order valence-corrected chi connectivity index (χ4v) is 3.22. The number of rotatable bonds is 2. The van der Waals surface area contributed by atoms with E-state index in [1.165, 1.54) is 10.4 Å². The van der Waals surface area contributed by atoms with Crippen LogP contribution >= 0.6 is 11.3 Å². The number of nitrogen functional groups attached to an aromatic ring is 1. The minimum atomic E-state index is 0.854. The van der Waals surface area contributed by atoms with Crippen LogP contribution in [0.1, 0.15) is 17.4 Å². The molecule has 0 unspecified atom stereocenters. The van der Waals surface area contributed by atoms with Crippen LogP contribution in [-0.2, 0) is 13.5 Å². The number of nitrogens with zero attached hydrogens (tertiary/aromatic N) is 2. The molecule has 0 bridgehead atoms. The van der Waals surface area contributed by atoms with Crippen LogP contribution < -0.4 is 5.73 Å². The molecule has 19 heavy (non-hydrogen) atoms. The second kappa shape index (κ2) is 4.38. The van der Waals surface area contributed by atoms with Crippen molar-refractivity contribution in [2.75, 3.05) is 5.73 Å². The van der Waals surface area contributed by atoms with Crippen molar-refractivity contribution in [3.8, 4) is 11.4 Å². The fourth-order valence-electron chi connectivity index (χ4n) is 2.36. The van der Waals surface area contributed by atoms with Crippen molar-refractivity contribution < 1.29 is 0 Å². The van der Waals surface area contributed by atoms with Crippen LogP contribution in [0, 0.1) is 6.92 Å². The summed E-state index contributed by atoms with van der Waals surface area (Å²) in [6.45, 7) is 4.23. The van der Waals surface area contributed by atoms with E-state index in [2.05, 4.69) is 42.7 Å². The van der Waals surface area contributed by atoms with Crippen LogP contribution in [-0.4, -0.2) is 9.55 Å². The lowest BCUT2D eigenvalue weighted by Crippen LogP contribution is -1.93. The van der Waals surface area contributed by atoms with E-state index in [9.17, 15) is 0 Å². The van der Waals surface area contributed by atoms with Gasteiger partial charge in [0.15, 0.2) is 0 Å². The number of thiophene rings is 1. The smallest absolute Gasteiger partial charge is 0.143 e. The number of aromatic nitrogens is 2. The number of aryl methyl sites for hydroxylation is 3. The third-order valence-electron chi connectivity index (χ3n) is 3.44. The maximum Gasteiger partial charge on any atom is 0.143 e. The van der Waals surface area contributed by atoms with Crippen molar-refractivity contribution in [3.63, 3.8) is 0 Å². The van der Waals surface area contributed by atoms with Crippen LogP contribution in [0.5, 0.6) is 0 Å². The molecule has 0 aliphatic carbocycles. The van der Waals surface area contributed by atoms with Crippen LogP contribution in [0.15, 0.2) is 24.3 Å². The molecule has 0 spiro atoms. The van der Waals surface area contributed by atoms with E-state index in [0.717, 1.165) is 33.8 Å². The molecule has 4 heteroatoms. The van der Waals surface area contributed by atoms with Crippen LogP contribution in [0.2, 0.25) is 0 Å². The molecule has 0 fully saturated rings. The van der Waals surface area contributed by atoms with E-state index in [-0.39, 0.29) is 0 Å². The molecule has 3 aromatic rings. The number of anilines is 1. The quantitative estimate of drug-likeness (QED) is 0.771. The van der Waals surface area contributed by atoms with E-state index in [4.69, 9.17) is 10.7 Å². The zero-order chi connectivity index (χ0) is 13.6. The highest BCUT2D eigenvalue weighted by Gasteiger charge is 2.14. The first-order valence-electron chi connectivity index (χ1n) is 6.41. The average molecular weight is 271 g/mol. The maximum absolute atomic E-state index is 6.13. The Labute approximate surface area is 116 Å². The largest absolute Gasteiger partial charge is 0.390 e. The second-order valence-corrected chi connectivity index (χ2v) is 6.00. The molecule has 1 aromatic carbocycles. The van der Waals surface area contributed by atoms with E-state index >= 15 is 0 Å². The van der Waals surface area contributed by atoms with Crippen LogP contribution in [0.25, 0.3) is 22.4 Å². The summed E-state index contributed by atoms with van der Waals surface area (Å²) in [5.74, 6) is 0.953. The van der Waals surface area contributed by atoms with Crippen molar-refractivity contribution in [2.24, 2.45) is 7.05 Å². The molecule has 0 aliphatic rings. The number of hydrogen-bond acceptors (Lipinski definition) is 3. The molecule has 98 valence electrons. The van der Waals surface area contributed by atoms with Gasteiger partial charge in [0.2, 0.25) is 0 Å². The second-order valence-electron chi connectivity index (χ2n) is 4.83. The fraction of sp³-hybridized carbons (Fsp3) is 0.267. The summed E-state index contributed by atoms with van der Waals surface area (Å²) >= 11 is 1.66. The molecular formula is C15H17N3S. The first-order chi connectivity index (χ1) is 9.10. The lowest BCUT2D eigenvalue weighted by Gasteiger charge is -2.01. The molecule has 3 nitrogen and oxygen atoms in total. The van der Waals surface area contributed by atoms with Gasteiger partial charge in [0.05, 0.1) is 21.6 Å². The number of imidazole rings is 1. The van der Waals surface area contributed by atoms with Gasteiger partial charge in [-0.15, -0.1) is 11.3 Å². The highest BCUT2D eigenvalue weighted by atomic mass is 32.1. The van der Waals surface area contributed by atoms with Gasteiger partial charge in [0.1, 0.15) is 5.82 Å². The van der Waals surface area contributed by atoms with Gasteiger partial charge < -0.3 is 10.3 Å². The first kappa shape index (κ1) is 12.2. The van der Waals surface area contributed by atoms with Gasteiger partial charge >= 0.3 is 0 Å². The molecule has 2 aromatic heterocycles. The summed E-state index contributed by atoms with van der Waals surface area (Å²) < 4.78 is 2.12. The average Bonchev–Trinajstić information content (AvgIpc) is 2.90. The van der Waals surface area contributed by atoms with Gasteiger partial charge in [-0.05, 0) is 37.1 Å². The number of benzene rings is 1. The van der Waals surface area contributed by atoms with Crippen molar-refractivity contribution in [2.45, 2.75) is 20.3 Å². The normalized spacial score (nSPS) is 11.3. The minimum Gasteiger partial charge on any atom is -0.390 e. The Morgan fingerprint density at radius 2 is 2.11 bits per heavy atom. The number of fused-ring (bicyclic) bond motifs is 1. The van der Waals surface area contributed by atoms with Gasteiger partial charge in [-0.2, -0.15) is 0 Å². The van der Waals surface area contributed by atoms with Gasteiger partial charge in [0.25, 0.3) is 0 Å². The highest BCUT2D eigenvalue weighted by molar-refractivity contribution is 7.16. The Kier molecular flexibility index (Phi) is 2.82. The van der Waals surface area contributed by atoms with Crippen LogP contribution in [0.4, 0.5) is 5.00 Å². The predicted octanol–water partition coefficient (Wildman–Crippen LogP) is 3.75. The lowest BCUT2D eigenvalue weighted by atomic mass is 10.2. The predicted molar refractivity (Wildman–Crippen MR) is 82.6 cm³/mol. The molecule has 0 aliphatic heterocycles.